The molecule has 1 aromatic heterocycles. The zero-order chi connectivity index (χ0) is 14.7. The summed E-state index contributed by atoms with van der Waals surface area (Å²) >= 11 is 3.31. The van der Waals surface area contributed by atoms with Crippen molar-refractivity contribution in [3.8, 4) is 0 Å². The number of benzene rings is 1. The third kappa shape index (κ3) is 3.25. The van der Waals surface area contributed by atoms with Gasteiger partial charge in [0.05, 0.1) is 5.69 Å². The molecule has 2 rings (SSSR count). The molecule has 0 aliphatic carbocycles. The summed E-state index contributed by atoms with van der Waals surface area (Å²) in [6.45, 7) is 2.68. The molecule has 0 saturated carbocycles. The quantitative estimate of drug-likeness (QED) is 0.887. The normalized spacial score (nSPS) is 10.6. The Morgan fingerprint density at radius 1 is 1.35 bits per heavy atom. The van der Waals surface area contributed by atoms with Gasteiger partial charge in [0.2, 0.25) is 0 Å². The van der Waals surface area contributed by atoms with Crippen LogP contribution in [-0.2, 0) is 6.54 Å². The van der Waals surface area contributed by atoms with Crippen LogP contribution in [0.3, 0.4) is 0 Å². The van der Waals surface area contributed by atoms with Crippen LogP contribution in [0.1, 0.15) is 23.8 Å². The number of halogens is 3. The number of carbonyl (C=O) groups is 1. The number of aromatic nitrogens is 1. The Morgan fingerprint density at radius 2 is 2.10 bits per heavy atom. The van der Waals surface area contributed by atoms with Gasteiger partial charge >= 0.3 is 0 Å². The zero-order valence-electron chi connectivity index (χ0n) is 10.8. The molecule has 3 nitrogen and oxygen atoms in total. The van der Waals surface area contributed by atoms with Gasteiger partial charge in [0, 0.05) is 23.3 Å². The average Bonchev–Trinajstić information content (AvgIpc) is 2.74. The second kappa shape index (κ2) is 6.17. The molecule has 0 spiro atoms. The van der Waals surface area contributed by atoms with Crippen molar-refractivity contribution in [1.29, 1.82) is 0 Å². The smallest absolute Gasteiger partial charge is 0.272 e. The van der Waals surface area contributed by atoms with Crippen LogP contribution in [0.15, 0.2) is 34.9 Å². The lowest BCUT2D eigenvalue weighted by atomic mass is 10.3. The molecule has 106 valence electrons. The molecular weight excluding hydrogens is 330 g/mol. The SMILES string of the molecule is CCCn1cc(Br)cc1C(=O)Nc1ccc(F)cc1F. The van der Waals surface area contributed by atoms with Gasteiger partial charge in [-0.1, -0.05) is 6.92 Å². The highest BCUT2D eigenvalue weighted by Gasteiger charge is 2.15. The summed E-state index contributed by atoms with van der Waals surface area (Å²) in [6.07, 6.45) is 2.66. The highest BCUT2D eigenvalue weighted by atomic mass is 79.9. The van der Waals surface area contributed by atoms with E-state index in [4.69, 9.17) is 0 Å². The van der Waals surface area contributed by atoms with Crippen molar-refractivity contribution in [2.24, 2.45) is 0 Å². The van der Waals surface area contributed by atoms with Crippen LogP contribution in [-0.4, -0.2) is 10.5 Å². The summed E-state index contributed by atoms with van der Waals surface area (Å²) in [5, 5.41) is 2.44. The Hall–Kier alpha value is -1.69. The van der Waals surface area contributed by atoms with Crippen molar-refractivity contribution < 1.29 is 13.6 Å². The van der Waals surface area contributed by atoms with Crippen LogP contribution in [0, 0.1) is 11.6 Å². The van der Waals surface area contributed by atoms with Crippen molar-refractivity contribution in [2.45, 2.75) is 19.9 Å². The summed E-state index contributed by atoms with van der Waals surface area (Å²) in [6, 6.07) is 4.69. The fourth-order valence-corrected chi connectivity index (χ4v) is 2.33. The number of anilines is 1. The Kier molecular flexibility index (Phi) is 4.54. The van der Waals surface area contributed by atoms with Crippen molar-refractivity contribution in [3.05, 3.63) is 52.3 Å². The number of hydrogen-bond donors (Lipinski definition) is 1. The molecule has 0 atom stereocenters. The molecule has 0 aliphatic rings. The molecule has 1 amide bonds. The second-order valence-corrected chi connectivity index (χ2v) is 5.23. The first-order valence-electron chi connectivity index (χ1n) is 6.13. The number of aryl methyl sites for hydroxylation is 1. The topological polar surface area (TPSA) is 34.0 Å². The molecule has 0 aliphatic heterocycles. The molecule has 0 saturated heterocycles. The maximum Gasteiger partial charge on any atom is 0.272 e. The molecule has 2 aromatic rings. The number of nitrogens with one attached hydrogen (secondary N) is 1. The first-order valence-corrected chi connectivity index (χ1v) is 6.92. The monoisotopic (exact) mass is 342 g/mol. The van der Waals surface area contributed by atoms with Gasteiger partial charge in [-0.25, -0.2) is 8.78 Å². The Labute approximate surface area is 123 Å². The van der Waals surface area contributed by atoms with Crippen molar-refractivity contribution >= 4 is 27.5 Å². The van der Waals surface area contributed by atoms with Gasteiger partial charge in [0.25, 0.3) is 5.91 Å². The fourth-order valence-electron chi connectivity index (χ4n) is 1.87. The molecular formula is C14H13BrF2N2O. The van der Waals surface area contributed by atoms with Gasteiger partial charge in [-0.15, -0.1) is 0 Å². The molecule has 0 radical (unpaired) electrons. The number of amides is 1. The molecule has 1 heterocycles. The van der Waals surface area contributed by atoms with E-state index in [1.54, 1.807) is 16.8 Å². The van der Waals surface area contributed by atoms with Crippen LogP contribution in [0.2, 0.25) is 0 Å². The van der Waals surface area contributed by atoms with Gasteiger partial charge < -0.3 is 9.88 Å². The van der Waals surface area contributed by atoms with Crippen molar-refractivity contribution in [1.82, 2.24) is 4.57 Å². The van der Waals surface area contributed by atoms with Crippen LogP contribution in [0.5, 0.6) is 0 Å². The Morgan fingerprint density at radius 3 is 2.75 bits per heavy atom. The number of nitrogens with zero attached hydrogens (tertiary/aromatic N) is 1. The predicted molar refractivity (Wildman–Crippen MR) is 76.7 cm³/mol. The first kappa shape index (κ1) is 14.7. The van der Waals surface area contributed by atoms with Gasteiger partial charge in [-0.05, 0) is 40.5 Å². The third-order valence-electron chi connectivity index (χ3n) is 2.74. The van der Waals surface area contributed by atoms with Crippen LogP contribution < -0.4 is 5.32 Å². The van der Waals surface area contributed by atoms with Crippen molar-refractivity contribution in [3.63, 3.8) is 0 Å². The van der Waals surface area contributed by atoms with Crippen LogP contribution in [0.4, 0.5) is 14.5 Å². The second-order valence-electron chi connectivity index (χ2n) is 4.32. The molecule has 6 heteroatoms. The largest absolute Gasteiger partial charge is 0.342 e. The Bertz CT molecular complexity index is 640. The lowest BCUT2D eigenvalue weighted by molar-refractivity contribution is 0.101. The lowest BCUT2D eigenvalue weighted by Gasteiger charge is -2.09. The molecule has 20 heavy (non-hydrogen) atoms. The van der Waals surface area contributed by atoms with E-state index in [1.807, 2.05) is 6.92 Å². The summed E-state index contributed by atoms with van der Waals surface area (Å²) in [5.74, 6) is -1.92. The third-order valence-corrected chi connectivity index (χ3v) is 3.17. The summed E-state index contributed by atoms with van der Waals surface area (Å²) in [4.78, 5) is 12.1. The summed E-state index contributed by atoms with van der Waals surface area (Å²) < 4.78 is 28.9. The number of hydrogen-bond acceptors (Lipinski definition) is 1. The number of carbonyl (C=O) groups excluding carboxylic acids is 1. The highest BCUT2D eigenvalue weighted by molar-refractivity contribution is 9.10. The van der Waals surface area contributed by atoms with Gasteiger partial charge in [0.1, 0.15) is 17.3 Å². The molecule has 1 N–H and O–H groups in total. The Balaban J connectivity index is 2.23. The van der Waals surface area contributed by atoms with Crippen LogP contribution in [0.25, 0.3) is 0 Å². The molecule has 0 fully saturated rings. The van der Waals surface area contributed by atoms with E-state index in [2.05, 4.69) is 21.2 Å². The molecule has 1 aromatic carbocycles. The van der Waals surface area contributed by atoms with E-state index >= 15 is 0 Å². The molecule has 0 unspecified atom stereocenters. The minimum Gasteiger partial charge on any atom is -0.342 e. The fraction of sp³-hybridized carbons (Fsp3) is 0.214. The standard InChI is InChI=1S/C14H13BrF2N2O/c1-2-5-19-8-9(15)6-13(19)14(20)18-12-4-3-10(16)7-11(12)17/h3-4,6-8H,2,5H2,1H3,(H,18,20). The van der Waals surface area contributed by atoms with E-state index < -0.39 is 17.5 Å². The van der Waals surface area contributed by atoms with E-state index in [0.29, 0.717) is 12.2 Å². The summed E-state index contributed by atoms with van der Waals surface area (Å²) in [7, 11) is 0. The van der Waals surface area contributed by atoms with Gasteiger partial charge in [0.15, 0.2) is 0 Å². The van der Waals surface area contributed by atoms with E-state index in [-0.39, 0.29) is 5.69 Å². The first-order chi connectivity index (χ1) is 9.51. The summed E-state index contributed by atoms with van der Waals surface area (Å²) in [5.41, 5.74) is 0.374. The average molecular weight is 343 g/mol. The van der Waals surface area contributed by atoms with E-state index in [1.165, 1.54) is 6.07 Å². The maximum atomic E-state index is 13.5. The zero-order valence-corrected chi connectivity index (χ0v) is 12.4. The van der Waals surface area contributed by atoms with Gasteiger partial charge in [-0.2, -0.15) is 0 Å². The van der Waals surface area contributed by atoms with Gasteiger partial charge in [-0.3, -0.25) is 4.79 Å². The minimum atomic E-state index is -0.800. The van der Waals surface area contributed by atoms with E-state index in [0.717, 1.165) is 23.0 Å². The van der Waals surface area contributed by atoms with E-state index in [9.17, 15) is 13.6 Å². The lowest BCUT2D eigenvalue weighted by Crippen LogP contribution is -2.17. The maximum absolute atomic E-state index is 13.5. The molecule has 0 bridgehead atoms. The highest BCUT2D eigenvalue weighted by Crippen LogP contribution is 2.19. The van der Waals surface area contributed by atoms with Crippen LogP contribution >= 0.6 is 15.9 Å². The van der Waals surface area contributed by atoms with Crippen molar-refractivity contribution in [2.75, 3.05) is 5.32 Å². The number of rotatable bonds is 4. The minimum absolute atomic E-state index is 0.0447. The predicted octanol–water partition coefficient (Wildman–Crippen LogP) is 4.19.